The molecule has 1 aliphatic carbocycles. The van der Waals surface area contributed by atoms with Gasteiger partial charge in [-0.1, -0.05) is 25.9 Å². The number of nitrogens with one attached hydrogen (secondary N) is 2. The molecule has 6 nitrogen and oxygen atoms in total. The van der Waals surface area contributed by atoms with Crippen molar-refractivity contribution in [3.8, 4) is 0 Å². The fourth-order valence-corrected chi connectivity index (χ4v) is 2.62. The monoisotopic (exact) mass is 282 g/mol. The summed E-state index contributed by atoms with van der Waals surface area (Å²) in [6, 6.07) is 0.883. The Morgan fingerprint density at radius 1 is 1.40 bits per heavy atom. The van der Waals surface area contributed by atoms with Gasteiger partial charge in [0.15, 0.2) is 0 Å². The zero-order valence-electron chi connectivity index (χ0n) is 13.1. The molecule has 20 heavy (non-hydrogen) atoms. The summed E-state index contributed by atoms with van der Waals surface area (Å²) in [5.41, 5.74) is 0.0813. The van der Waals surface area contributed by atoms with Gasteiger partial charge in [-0.2, -0.15) is 0 Å². The predicted molar refractivity (Wildman–Crippen MR) is 77.6 cm³/mol. The van der Waals surface area contributed by atoms with Crippen molar-refractivity contribution in [1.29, 1.82) is 0 Å². The SMILES string of the molecule is CCNC(C)c1nnc(NC2CC(OCC)C2(C)C)o1. The van der Waals surface area contributed by atoms with E-state index in [0.29, 0.717) is 24.1 Å². The molecule has 3 unspecified atom stereocenters. The summed E-state index contributed by atoms with van der Waals surface area (Å²) in [4.78, 5) is 0. The van der Waals surface area contributed by atoms with Gasteiger partial charge in [0.25, 0.3) is 0 Å². The summed E-state index contributed by atoms with van der Waals surface area (Å²) in [7, 11) is 0. The number of ether oxygens (including phenoxy) is 1. The molecule has 0 spiro atoms. The highest BCUT2D eigenvalue weighted by Gasteiger charge is 2.49. The fraction of sp³-hybridized carbons (Fsp3) is 0.857. The second kappa shape index (κ2) is 6.10. The van der Waals surface area contributed by atoms with Gasteiger partial charge in [0.05, 0.1) is 12.1 Å². The van der Waals surface area contributed by atoms with Crippen LogP contribution in [0.25, 0.3) is 0 Å². The van der Waals surface area contributed by atoms with Crippen molar-refractivity contribution in [3.63, 3.8) is 0 Å². The zero-order chi connectivity index (χ0) is 14.8. The van der Waals surface area contributed by atoms with Gasteiger partial charge < -0.3 is 19.8 Å². The second-order valence-corrected chi connectivity index (χ2v) is 5.92. The molecule has 1 aromatic rings. The van der Waals surface area contributed by atoms with Gasteiger partial charge in [0.2, 0.25) is 5.89 Å². The van der Waals surface area contributed by atoms with E-state index in [2.05, 4.69) is 41.6 Å². The van der Waals surface area contributed by atoms with Gasteiger partial charge in [-0.25, -0.2) is 0 Å². The number of nitrogens with zero attached hydrogens (tertiary/aromatic N) is 2. The third-order valence-electron chi connectivity index (χ3n) is 4.16. The highest BCUT2D eigenvalue weighted by Crippen LogP contribution is 2.44. The Morgan fingerprint density at radius 2 is 2.15 bits per heavy atom. The van der Waals surface area contributed by atoms with Gasteiger partial charge in [-0.05, 0) is 26.8 Å². The Bertz CT molecular complexity index is 433. The van der Waals surface area contributed by atoms with Crippen molar-refractivity contribution < 1.29 is 9.15 Å². The Labute approximate surface area is 120 Å². The van der Waals surface area contributed by atoms with Gasteiger partial charge in [0, 0.05) is 18.1 Å². The van der Waals surface area contributed by atoms with Crippen LogP contribution in [-0.4, -0.2) is 35.5 Å². The molecule has 1 heterocycles. The largest absolute Gasteiger partial charge is 0.406 e. The van der Waals surface area contributed by atoms with Crippen molar-refractivity contribution in [2.75, 3.05) is 18.5 Å². The summed E-state index contributed by atoms with van der Waals surface area (Å²) in [6.45, 7) is 12.1. The van der Waals surface area contributed by atoms with E-state index in [1.54, 1.807) is 0 Å². The van der Waals surface area contributed by atoms with Gasteiger partial charge in [-0.3, -0.25) is 0 Å². The Balaban J connectivity index is 1.92. The molecule has 1 aliphatic rings. The Kier molecular flexibility index (Phi) is 4.65. The number of aromatic nitrogens is 2. The topological polar surface area (TPSA) is 72.2 Å². The average Bonchev–Trinajstić information content (AvgIpc) is 2.87. The first-order chi connectivity index (χ1) is 9.48. The molecule has 0 radical (unpaired) electrons. The maximum atomic E-state index is 5.72. The van der Waals surface area contributed by atoms with Crippen LogP contribution in [0.5, 0.6) is 0 Å². The molecule has 1 fully saturated rings. The molecule has 114 valence electrons. The van der Waals surface area contributed by atoms with E-state index in [-0.39, 0.29) is 11.5 Å². The zero-order valence-corrected chi connectivity index (χ0v) is 13.1. The Hall–Kier alpha value is -1.14. The van der Waals surface area contributed by atoms with Crippen LogP contribution in [0.4, 0.5) is 6.01 Å². The van der Waals surface area contributed by atoms with E-state index in [0.717, 1.165) is 19.6 Å². The molecule has 6 heteroatoms. The fourth-order valence-electron chi connectivity index (χ4n) is 2.62. The van der Waals surface area contributed by atoms with E-state index in [4.69, 9.17) is 9.15 Å². The van der Waals surface area contributed by atoms with Crippen LogP contribution in [0.2, 0.25) is 0 Å². The molecule has 2 rings (SSSR count). The summed E-state index contributed by atoms with van der Waals surface area (Å²) in [5, 5.41) is 14.7. The highest BCUT2D eigenvalue weighted by molar-refractivity contribution is 5.25. The van der Waals surface area contributed by atoms with Crippen LogP contribution < -0.4 is 10.6 Å². The molecule has 2 N–H and O–H groups in total. The molecule has 1 saturated carbocycles. The third kappa shape index (κ3) is 2.96. The lowest BCUT2D eigenvalue weighted by Crippen LogP contribution is -2.58. The molecule has 0 aromatic carbocycles. The summed E-state index contributed by atoms with van der Waals surface area (Å²) < 4.78 is 11.4. The van der Waals surface area contributed by atoms with Crippen molar-refractivity contribution >= 4 is 6.01 Å². The van der Waals surface area contributed by atoms with E-state index < -0.39 is 0 Å². The lowest BCUT2D eigenvalue weighted by molar-refractivity contribution is -0.0980. The molecular formula is C14H26N4O2. The number of rotatable bonds is 7. The minimum absolute atomic E-state index is 0.0774. The van der Waals surface area contributed by atoms with Crippen LogP contribution >= 0.6 is 0 Å². The van der Waals surface area contributed by atoms with Crippen molar-refractivity contribution in [2.45, 2.75) is 59.2 Å². The van der Waals surface area contributed by atoms with E-state index in [1.807, 2.05) is 13.8 Å². The third-order valence-corrected chi connectivity index (χ3v) is 4.16. The number of hydrogen-bond acceptors (Lipinski definition) is 6. The van der Waals surface area contributed by atoms with Crippen LogP contribution in [0, 0.1) is 5.41 Å². The normalized spacial score (nSPS) is 26.1. The summed E-state index contributed by atoms with van der Waals surface area (Å²) in [6.07, 6.45) is 1.27. The standard InChI is InChI=1S/C14H26N4O2/c1-6-15-9(3)12-17-18-13(20-12)16-10-8-11(19-7-2)14(10,4)5/h9-11,15H,6-8H2,1-5H3,(H,16,18). The molecule has 3 atom stereocenters. The van der Waals surface area contributed by atoms with E-state index in [1.165, 1.54) is 0 Å². The van der Waals surface area contributed by atoms with Gasteiger partial charge >= 0.3 is 6.01 Å². The van der Waals surface area contributed by atoms with Crippen molar-refractivity contribution in [1.82, 2.24) is 15.5 Å². The smallest absolute Gasteiger partial charge is 0.315 e. The molecule has 0 aliphatic heterocycles. The molecular weight excluding hydrogens is 256 g/mol. The Morgan fingerprint density at radius 3 is 2.75 bits per heavy atom. The molecule has 0 amide bonds. The maximum absolute atomic E-state index is 5.72. The van der Waals surface area contributed by atoms with Gasteiger partial charge in [0.1, 0.15) is 0 Å². The maximum Gasteiger partial charge on any atom is 0.315 e. The van der Waals surface area contributed by atoms with Gasteiger partial charge in [-0.15, -0.1) is 5.10 Å². The lowest BCUT2D eigenvalue weighted by Gasteiger charge is -2.51. The van der Waals surface area contributed by atoms with Crippen LogP contribution in [0.1, 0.15) is 53.0 Å². The summed E-state index contributed by atoms with van der Waals surface area (Å²) >= 11 is 0. The minimum atomic E-state index is 0.0774. The minimum Gasteiger partial charge on any atom is -0.406 e. The van der Waals surface area contributed by atoms with E-state index in [9.17, 15) is 0 Å². The average molecular weight is 282 g/mol. The summed E-state index contributed by atoms with van der Waals surface area (Å²) in [5.74, 6) is 0.618. The van der Waals surface area contributed by atoms with Crippen molar-refractivity contribution in [2.24, 2.45) is 5.41 Å². The molecule has 1 aromatic heterocycles. The first-order valence-corrected chi connectivity index (χ1v) is 7.43. The molecule has 0 saturated heterocycles. The van der Waals surface area contributed by atoms with Crippen molar-refractivity contribution in [3.05, 3.63) is 5.89 Å². The number of anilines is 1. The highest BCUT2D eigenvalue weighted by atomic mass is 16.5. The van der Waals surface area contributed by atoms with Crippen LogP contribution in [0.15, 0.2) is 4.42 Å². The number of hydrogen-bond donors (Lipinski definition) is 2. The predicted octanol–water partition coefficient (Wildman–Crippen LogP) is 2.36. The van der Waals surface area contributed by atoms with Crippen LogP contribution in [-0.2, 0) is 4.74 Å². The first kappa shape index (κ1) is 15.3. The van der Waals surface area contributed by atoms with E-state index >= 15 is 0 Å². The van der Waals surface area contributed by atoms with Crippen LogP contribution in [0.3, 0.4) is 0 Å². The second-order valence-electron chi connectivity index (χ2n) is 5.92. The lowest BCUT2D eigenvalue weighted by atomic mass is 9.64. The quantitative estimate of drug-likeness (QED) is 0.800. The molecule has 0 bridgehead atoms. The first-order valence-electron chi connectivity index (χ1n) is 7.43.